The lowest BCUT2D eigenvalue weighted by Gasteiger charge is -2.24. The van der Waals surface area contributed by atoms with Gasteiger partial charge in [0.2, 0.25) is 5.91 Å². The molecular formula is C21H26N2O. The van der Waals surface area contributed by atoms with Gasteiger partial charge in [-0.1, -0.05) is 67.6 Å². The van der Waals surface area contributed by atoms with Crippen LogP contribution < -0.4 is 5.32 Å². The molecule has 0 aliphatic carbocycles. The van der Waals surface area contributed by atoms with Crippen LogP contribution in [0.2, 0.25) is 0 Å². The lowest BCUT2D eigenvalue weighted by Crippen LogP contribution is -2.41. The van der Waals surface area contributed by atoms with Crippen molar-refractivity contribution in [1.82, 2.24) is 10.2 Å². The number of benzene rings is 2. The van der Waals surface area contributed by atoms with Crippen LogP contribution >= 0.6 is 0 Å². The van der Waals surface area contributed by atoms with Gasteiger partial charge in [0.1, 0.15) is 0 Å². The molecule has 0 saturated carbocycles. The molecule has 0 radical (unpaired) electrons. The molecule has 3 heteroatoms. The number of likely N-dealkylation sites (N-methyl/N-ethyl adjacent to an activating group) is 1. The molecule has 0 spiro atoms. The summed E-state index contributed by atoms with van der Waals surface area (Å²) in [5.74, 6) is -0.153. The molecule has 1 saturated heterocycles. The molecule has 0 bridgehead atoms. The van der Waals surface area contributed by atoms with Crippen LogP contribution in [0.4, 0.5) is 0 Å². The van der Waals surface area contributed by atoms with Crippen LogP contribution in [-0.4, -0.2) is 36.5 Å². The fourth-order valence-electron chi connectivity index (χ4n) is 3.65. The van der Waals surface area contributed by atoms with Gasteiger partial charge in [0.25, 0.3) is 0 Å². The maximum Gasteiger partial charge on any atom is 0.232 e. The SMILES string of the molecule is CCN1CCC[C@H]1CNC(=O)C(c1ccccc1)c1ccccc1. The minimum atomic E-state index is -0.246. The fourth-order valence-corrected chi connectivity index (χ4v) is 3.65. The highest BCUT2D eigenvalue weighted by molar-refractivity contribution is 5.87. The van der Waals surface area contributed by atoms with E-state index in [0.29, 0.717) is 6.04 Å². The Balaban J connectivity index is 1.75. The van der Waals surface area contributed by atoms with Crippen LogP contribution in [0.15, 0.2) is 60.7 Å². The van der Waals surface area contributed by atoms with Crippen molar-refractivity contribution in [1.29, 1.82) is 0 Å². The van der Waals surface area contributed by atoms with Crippen molar-refractivity contribution in [2.45, 2.75) is 31.7 Å². The summed E-state index contributed by atoms with van der Waals surface area (Å²) in [5, 5.41) is 3.21. The standard InChI is InChI=1S/C21H26N2O/c1-2-23-15-9-14-19(23)16-22-21(24)20(17-10-5-3-6-11-17)18-12-7-4-8-13-18/h3-8,10-13,19-20H,2,9,14-16H2,1H3,(H,22,24)/t19-/m0/s1. The second kappa shape index (κ2) is 8.11. The van der Waals surface area contributed by atoms with Crippen molar-refractivity contribution in [3.63, 3.8) is 0 Å². The van der Waals surface area contributed by atoms with Crippen molar-refractivity contribution in [3.8, 4) is 0 Å². The van der Waals surface area contributed by atoms with Crippen LogP contribution in [0.1, 0.15) is 36.8 Å². The van der Waals surface area contributed by atoms with Gasteiger partial charge in [0.15, 0.2) is 0 Å². The lowest BCUT2D eigenvalue weighted by atomic mass is 9.90. The van der Waals surface area contributed by atoms with E-state index in [1.165, 1.54) is 12.8 Å². The quantitative estimate of drug-likeness (QED) is 0.884. The average molecular weight is 322 g/mol. The summed E-state index contributed by atoms with van der Waals surface area (Å²) < 4.78 is 0. The highest BCUT2D eigenvalue weighted by Gasteiger charge is 2.26. The summed E-state index contributed by atoms with van der Waals surface area (Å²) in [4.78, 5) is 15.4. The maximum atomic E-state index is 13.0. The molecule has 0 unspecified atom stereocenters. The zero-order chi connectivity index (χ0) is 16.8. The maximum absolute atomic E-state index is 13.0. The zero-order valence-electron chi connectivity index (χ0n) is 14.3. The minimum Gasteiger partial charge on any atom is -0.354 e. The highest BCUT2D eigenvalue weighted by Crippen LogP contribution is 2.25. The summed E-state index contributed by atoms with van der Waals surface area (Å²) in [6.45, 7) is 5.14. The molecule has 1 aliphatic rings. The predicted octanol–water partition coefficient (Wildman–Crippen LogP) is 3.42. The summed E-state index contributed by atoms with van der Waals surface area (Å²) in [7, 11) is 0. The minimum absolute atomic E-state index is 0.0929. The van der Waals surface area contributed by atoms with E-state index in [1.54, 1.807) is 0 Å². The second-order valence-electron chi connectivity index (χ2n) is 6.42. The summed E-state index contributed by atoms with van der Waals surface area (Å²) >= 11 is 0. The Morgan fingerprint density at radius 3 is 2.21 bits per heavy atom. The van der Waals surface area contributed by atoms with Crippen LogP contribution in [-0.2, 0) is 4.79 Å². The zero-order valence-corrected chi connectivity index (χ0v) is 14.3. The topological polar surface area (TPSA) is 32.3 Å². The van der Waals surface area contributed by atoms with Crippen molar-refractivity contribution in [3.05, 3.63) is 71.8 Å². The van der Waals surface area contributed by atoms with Crippen molar-refractivity contribution >= 4 is 5.91 Å². The molecule has 0 aromatic heterocycles. The highest BCUT2D eigenvalue weighted by atomic mass is 16.1. The molecule has 1 atom stereocenters. The summed E-state index contributed by atoms with van der Waals surface area (Å²) in [5.41, 5.74) is 2.08. The molecule has 3 nitrogen and oxygen atoms in total. The summed E-state index contributed by atoms with van der Waals surface area (Å²) in [6, 6.07) is 20.6. The molecule has 1 amide bonds. The monoisotopic (exact) mass is 322 g/mol. The molecule has 126 valence electrons. The number of nitrogens with one attached hydrogen (secondary N) is 1. The van der Waals surface area contributed by atoms with E-state index in [2.05, 4.69) is 17.1 Å². The van der Waals surface area contributed by atoms with E-state index in [9.17, 15) is 4.79 Å². The average Bonchev–Trinajstić information content (AvgIpc) is 3.09. The third-order valence-corrected chi connectivity index (χ3v) is 4.95. The molecular weight excluding hydrogens is 296 g/mol. The first-order valence-electron chi connectivity index (χ1n) is 8.91. The molecule has 1 heterocycles. The number of hydrogen-bond acceptors (Lipinski definition) is 2. The normalized spacial score (nSPS) is 18.0. The van der Waals surface area contributed by atoms with Crippen molar-refractivity contribution < 1.29 is 4.79 Å². The largest absolute Gasteiger partial charge is 0.354 e. The van der Waals surface area contributed by atoms with Crippen molar-refractivity contribution in [2.75, 3.05) is 19.6 Å². The Labute approximate surface area is 144 Å². The number of likely N-dealkylation sites (tertiary alicyclic amines) is 1. The second-order valence-corrected chi connectivity index (χ2v) is 6.42. The molecule has 24 heavy (non-hydrogen) atoms. The van der Waals surface area contributed by atoms with E-state index in [4.69, 9.17) is 0 Å². The number of carbonyl (C=O) groups excluding carboxylic acids is 1. The van der Waals surface area contributed by atoms with E-state index >= 15 is 0 Å². The van der Waals surface area contributed by atoms with Crippen LogP contribution in [0.5, 0.6) is 0 Å². The first kappa shape index (κ1) is 16.7. The van der Waals surface area contributed by atoms with Gasteiger partial charge >= 0.3 is 0 Å². The Bertz CT molecular complexity index is 602. The van der Waals surface area contributed by atoms with Crippen LogP contribution in [0, 0.1) is 0 Å². The van der Waals surface area contributed by atoms with Crippen molar-refractivity contribution in [2.24, 2.45) is 0 Å². The van der Waals surface area contributed by atoms with E-state index < -0.39 is 0 Å². The van der Waals surface area contributed by atoms with Crippen LogP contribution in [0.3, 0.4) is 0 Å². The van der Waals surface area contributed by atoms with E-state index in [1.807, 2.05) is 60.7 Å². The number of rotatable bonds is 6. The fraction of sp³-hybridized carbons (Fsp3) is 0.381. The first-order chi connectivity index (χ1) is 11.8. The molecule has 1 N–H and O–H groups in total. The third kappa shape index (κ3) is 3.85. The van der Waals surface area contributed by atoms with Gasteiger partial charge in [-0.2, -0.15) is 0 Å². The third-order valence-electron chi connectivity index (χ3n) is 4.95. The van der Waals surface area contributed by atoms with Gasteiger partial charge in [0.05, 0.1) is 5.92 Å². The Hall–Kier alpha value is -2.13. The molecule has 1 fully saturated rings. The molecule has 2 aromatic rings. The number of hydrogen-bond donors (Lipinski definition) is 1. The number of nitrogens with zero attached hydrogens (tertiary/aromatic N) is 1. The number of carbonyl (C=O) groups is 1. The lowest BCUT2D eigenvalue weighted by molar-refractivity contribution is -0.121. The Morgan fingerprint density at radius 2 is 1.67 bits per heavy atom. The molecule has 3 rings (SSSR count). The van der Waals surface area contributed by atoms with Gasteiger partial charge in [-0.15, -0.1) is 0 Å². The smallest absolute Gasteiger partial charge is 0.232 e. The van der Waals surface area contributed by atoms with Gasteiger partial charge in [-0.3, -0.25) is 9.69 Å². The van der Waals surface area contributed by atoms with Gasteiger partial charge in [0, 0.05) is 12.6 Å². The Kier molecular flexibility index (Phi) is 5.65. The van der Waals surface area contributed by atoms with E-state index in [0.717, 1.165) is 30.8 Å². The summed E-state index contributed by atoms with van der Waals surface area (Å²) in [6.07, 6.45) is 2.41. The van der Waals surface area contributed by atoms with Gasteiger partial charge in [-0.05, 0) is 37.1 Å². The van der Waals surface area contributed by atoms with Gasteiger partial charge < -0.3 is 5.32 Å². The Morgan fingerprint density at radius 1 is 1.08 bits per heavy atom. The van der Waals surface area contributed by atoms with Gasteiger partial charge in [-0.25, -0.2) is 0 Å². The first-order valence-corrected chi connectivity index (χ1v) is 8.91. The number of amides is 1. The predicted molar refractivity (Wildman–Crippen MR) is 98.0 cm³/mol. The molecule has 2 aromatic carbocycles. The van der Waals surface area contributed by atoms with Crippen LogP contribution in [0.25, 0.3) is 0 Å². The van der Waals surface area contributed by atoms with E-state index in [-0.39, 0.29) is 11.8 Å². The molecule has 1 aliphatic heterocycles.